The number of esters is 1. The van der Waals surface area contributed by atoms with Crippen molar-refractivity contribution in [3.8, 4) is 0 Å². The fourth-order valence-electron chi connectivity index (χ4n) is 4.57. The molecule has 1 aromatic heterocycles. The molecule has 4 rings (SSSR count). The number of fused-ring (bicyclic) bond motifs is 1. The third-order valence-electron chi connectivity index (χ3n) is 6.55. The van der Waals surface area contributed by atoms with Gasteiger partial charge in [-0.15, -0.1) is 11.3 Å². The minimum absolute atomic E-state index is 0.0704. The van der Waals surface area contributed by atoms with Crippen LogP contribution in [0.3, 0.4) is 0 Å². The number of piperidine rings is 1. The zero-order valence-corrected chi connectivity index (χ0v) is 21.9. The number of nitrogens with one attached hydrogen (secondary N) is 1. The van der Waals surface area contributed by atoms with Crippen molar-refractivity contribution in [2.75, 3.05) is 38.6 Å². The maximum atomic E-state index is 13.1. The largest absolute Gasteiger partial charge is 0.466 e. The smallest absolute Gasteiger partial charge is 0.309 e. The number of carbonyl (C=O) groups is 3. The number of ether oxygens (including phenoxy) is 1. The summed E-state index contributed by atoms with van der Waals surface area (Å²) >= 11 is 1.34. The molecule has 0 unspecified atom stereocenters. The number of hydrogen-bond acceptors (Lipinski definition) is 8. The summed E-state index contributed by atoms with van der Waals surface area (Å²) in [6.07, 6.45) is 1.49. The number of amides is 2. The number of hydrogen-bond donors (Lipinski definition) is 2. The van der Waals surface area contributed by atoms with Gasteiger partial charge in [0.15, 0.2) is 0 Å². The van der Waals surface area contributed by atoms with Gasteiger partial charge < -0.3 is 20.7 Å². The number of nitrogens with two attached hydrogens (primary N) is 1. The minimum atomic E-state index is -3.76. The predicted molar refractivity (Wildman–Crippen MR) is 135 cm³/mol. The van der Waals surface area contributed by atoms with Gasteiger partial charge >= 0.3 is 5.97 Å². The summed E-state index contributed by atoms with van der Waals surface area (Å²) in [6, 6.07) is 5.67. The van der Waals surface area contributed by atoms with Crippen molar-refractivity contribution in [3.05, 3.63) is 45.8 Å². The van der Waals surface area contributed by atoms with Crippen LogP contribution in [0.15, 0.2) is 29.2 Å². The number of sulfonamides is 1. The lowest BCUT2D eigenvalue weighted by Crippen LogP contribution is -2.40. The molecule has 2 amide bonds. The van der Waals surface area contributed by atoms with Crippen molar-refractivity contribution in [2.45, 2.75) is 37.6 Å². The summed E-state index contributed by atoms with van der Waals surface area (Å²) in [5.41, 5.74) is 7.11. The topological polar surface area (TPSA) is 139 Å². The van der Waals surface area contributed by atoms with Crippen LogP contribution in [0.5, 0.6) is 0 Å². The van der Waals surface area contributed by atoms with E-state index in [-0.39, 0.29) is 35.4 Å². The lowest BCUT2D eigenvalue weighted by Gasteiger charge is -2.30. The van der Waals surface area contributed by atoms with Crippen LogP contribution in [0.4, 0.5) is 5.00 Å². The van der Waals surface area contributed by atoms with Crippen molar-refractivity contribution in [1.82, 2.24) is 9.21 Å². The molecule has 0 atom stereocenters. The first-order valence-corrected chi connectivity index (χ1v) is 14.1. The first kappa shape index (κ1) is 26.3. The molecule has 3 N–H and O–H groups in total. The summed E-state index contributed by atoms with van der Waals surface area (Å²) in [7, 11) is -1.78. The molecule has 194 valence electrons. The monoisotopic (exact) mass is 534 g/mol. The molecule has 12 heteroatoms. The summed E-state index contributed by atoms with van der Waals surface area (Å²) in [5, 5.41) is 3.20. The Labute approximate surface area is 214 Å². The van der Waals surface area contributed by atoms with Crippen LogP contribution < -0.4 is 11.1 Å². The van der Waals surface area contributed by atoms with Gasteiger partial charge in [-0.05, 0) is 63.1 Å². The quantitative estimate of drug-likeness (QED) is 0.518. The Morgan fingerprint density at radius 1 is 1.14 bits per heavy atom. The lowest BCUT2D eigenvalue weighted by atomic mass is 9.98. The zero-order chi connectivity index (χ0) is 26.0. The van der Waals surface area contributed by atoms with Gasteiger partial charge in [0.1, 0.15) is 5.00 Å². The number of carbonyl (C=O) groups excluding carboxylic acids is 3. The maximum Gasteiger partial charge on any atom is 0.309 e. The van der Waals surface area contributed by atoms with E-state index in [1.807, 2.05) is 7.05 Å². The van der Waals surface area contributed by atoms with Gasteiger partial charge in [0, 0.05) is 36.6 Å². The van der Waals surface area contributed by atoms with Crippen molar-refractivity contribution < 1.29 is 27.5 Å². The molecule has 0 bridgehead atoms. The molecule has 2 aromatic rings. The van der Waals surface area contributed by atoms with Crippen LogP contribution in [0, 0.1) is 5.92 Å². The molecule has 0 aliphatic carbocycles. The first-order valence-electron chi connectivity index (χ1n) is 11.8. The highest BCUT2D eigenvalue weighted by Gasteiger charge is 2.33. The molecule has 0 spiro atoms. The van der Waals surface area contributed by atoms with Crippen LogP contribution in [0.25, 0.3) is 0 Å². The van der Waals surface area contributed by atoms with E-state index in [0.29, 0.717) is 43.0 Å². The van der Waals surface area contributed by atoms with E-state index in [9.17, 15) is 22.8 Å². The van der Waals surface area contributed by atoms with E-state index >= 15 is 0 Å². The molecule has 2 aliphatic rings. The molecular weight excluding hydrogens is 504 g/mol. The van der Waals surface area contributed by atoms with Crippen molar-refractivity contribution in [3.63, 3.8) is 0 Å². The molecule has 0 radical (unpaired) electrons. The summed E-state index contributed by atoms with van der Waals surface area (Å²) in [5.74, 6) is -1.62. The number of benzene rings is 1. The third kappa shape index (κ3) is 5.31. The van der Waals surface area contributed by atoms with Gasteiger partial charge in [0.2, 0.25) is 10.0 Å². The van der Waals surface area contributed by atoms with Crippen LogP contribution in [-0.2, 0) is 32.5 Å². The van der Waals surface area contributed by atoms with E-state index in [1.54, 1.807) is 6.92 Å². The molecule has 36 heavy (non-hydrogen) atoms. The molecule has 1 saturated heterocycles. The zero-order valence-electron chi connectivity index (χ0n) is 20.3. The summed E-state index contributed by atoms with van der Waals surface area (Å²) in [6.45, 7) is 3.97. The van der Waals surface area contributed by atoms with Crippen molar-refractivity contribution in [2.24, 2.45) is 11.7 Å². The molecule has 1 fully saturated rings. The van der Waals surface area contributed by atoms with E-state index in [2.05, 4.69) is 10.2 Å². The predicted octanol–water partition coefficient (Wildman–Crippen LogP) is 2.05. The van der Waals surface area contributed by atoms with Gasteiger partial charge in [-0.2, -0.15) is 4.31 Å². The fourth-order valence-corrected chi connectivity index (χ4v) is 7.37. The molecule has 3 heterocycles. The second kappa shape index (κ2) is 10.7. The molecule has 2 aliphatic heterocycles. The molecule has 10 nitrogen and oxygen atoms in total. The number of rotatable bonds is 7. The van der Waals surface area contributed by atoms with Crippen molar-refractivity contribution >= 4 is 44.1 Å². The second-order valence-corrected chi connectivity index (χ2v) is 12.0. The number of primary amides is 1. The Hall–Kier alpha value is -2.80. The number of anilines is 1. The average molecular weight is 535 g/mol. The van der Waals surface area contributed by atoms with Crippen LogP contribution in [0.2, 0.25) is 0 Å². The highest BCUT2D eigenvalue weighted by atomic mass is 32.2. The van der Waals surface area contributed by atoms with Crippen LogP contribution in [0.1, 0.15) is 50.9 Å². The highest BCUT2D eigenvalue weighted by molar-refractivity contribution is 7.89. The van der Waals surface area contributed by atoms with Crippen molar-refractivity contribution in [1.29, 1.82) is 0 Å². The Morgan fingerprint density at radius 3 is 2.42 bits per heavy atom. The normalized spacial score (nSPS) is 17.4. The van der Waals surface area contributed by atoms with E-state index in [0.717, 1.165) is 17.0 Å². The number of thiophene rings is 1. The minimum Gasteiger partial charge on any atom is -0.466 e. The Kier molecular flexibility index (Phi) is 7.79. The first-order chi connectivity index (χ1) is 17.1. The Bertz CT molecular complexity index is 1260. The van der Waals surface area contributed by atoms with Gasteiger partial charge in [-0.3, -0.25) is 14.4 Å². The van der Waals surface area contributed by atoms with Crippen LogP contribution in [-0.4, -0.2) is 68.7 Å². The average Bonchev–Trinajstić information content (AvgIpc) is 3.21. The van der Waals surface area contributed by atoms with Crippen LogP contribution >= 0.6 is 11.3 Å². The number of likely N-dealkylation sites (N-methyl/N-ethyl adjacent to an activating group) is 1. The van der Waals surface area contributed by atoms with E-state index in [4.69, 9.17) is 10.5 Å². The van der Waals surface area contributed by atoms with Gasteiger partial charge in [-0.1, -0.05) is 0 Å². The second-order valence-electron chi connectivity index (χ2n) is 8.97. The summed E-state index contributed by atoms with van der Waals surface area (Å²) in [4.78, 5) is 40.2. The van der Waals surface area contributed by atoms with Gasteiger partial charge in [0.25, 0.3) is 11.8 Å². The Morgan fingerprint density at radius 2 is 1.81 bits per heavy atom. The lowest BCUT2D eigenvalue weighted by molar-refractivity contribution is -0.149. The number of nitrogens with zero attached hydrogens (tertiary/aromatic N) is 2. The van der Waals surface area contributed by atoms with Gasteiger partial charge in [-0.25, -0.2) is 8.42 Å². The fraction of sp³-hybridized carbons (Fsp3) is 0.458. The highest BCUT2D eigenvalue weighted by Crippen LogP contribution is 2.37. The standard InChI is InChI=1S/C24H30N4O6S2/c1-3-34-24(31)16-8-12-28(13-9-16)36(32,33)17-6-4-15(5-7-17)22(30)26-23-20(21(25)29)18-10-11-27(2)14-19(18)35-23/h4-7,16H,3,8-14H2,1-2H3,(H2,25,29)(H,26,30). The Balaban J connectivity index is 1.45. The SMILES string of the molecule is CCOC(=O)C1CCN(S(=O)(=O)c2ccc(C(=O)Nc3sc4c(c3C(N)=O)CCN(C)C4)cc2)CC1. The third-order valence-corrected chi connectivity index (χ3v) is 9.59. The molecule has 0 saturated carbocycles. The van der Waals surface area contributed by atoms with Gasteiger partial charge in [0.05, 0.1) is 23.0 Å². The maximum absolute atomic E-state index is 13.1. The molecular formula is C24H30N4O6S2. The summed E-state index contributed by atoms with van der Waals surface area (Å²) < 4.78 is 32.5. The van der Waals surface area contributed by atoms with E-state index < -0.39 is 21.8 Å². The molecule has 1 aromatic carbocycles. The van der Waals surface area contributed by atoms with E-state index in [1.165, 1.54) is 39.9 Å².